The summed E-state index contributed by atoms with van der Waals surface area (Å²) >= 11 is 11.1. The van der Waals surface area contributed by atoms with Crippen LogP contribution < -0.4 is 26.6 Å². The number of nitrogens with two attached hydrogens (primary N) is 1. The molecule has 0 fully saturated rings. The van der Waals surface area contributed by atoms with Crippen molar-refractivity contribution in [2.45, 2.75) is 6.92 Å². The molecule has 1 aromatic carbocycles. The van der Waals surface area contributed by atoms with Gasteiger partial charge in [0.1, 0.15) is 16.0 Å². The van der Waals surface area contributed by atoms with Crippen LogP contribution in [0.1, 0.15) is 6.92 Å². The van der Waals surface area contributed by atoms with Crippen LogP contribution >= 0.6 is 23.2 Å². The van der Waals surface area contributed by atoms with Crippen molar-refractivity contribution < 1.29 is 4.74 Å². The summed E-state index contributed by atoms with van der Waals surface area (Å²) in [6, 6.07) is 6.59. The first kappa shape index (κ1) is 18.7. The number of hydrogen-bond acceptors (Lipinski definition) is 7. The molecule has 0 radical (unpaired) electrons. The van der Waals surface area contributed by atoms with Crippen LogP contribution in [0, 0.1) is 0 Å². The van der Waals surface area contributed by atoms with E-state index in [1.165, 1.54) is 12.4 Å². The molecular weight excluding hydrogens is 367 g/mol. The lowest BCUT2D eigenvalue weighted by Crippen LogP contribution is -2.35. The Morgan fingerprint density at radius 1 is 1.04 bits per heavy atom. The van der Waals surface area contributed by atoms with Gasteiger partial charge in [0.05, 0.1) is 30.4 Å². The van der Waals surface area contributed by atoms with Crippen molar-refractivity contribution in [2.24, 2.45) is 0 Å². The van der Waals surface area contributed by atoms with Gasteiger partial charge in [0, 0.05) is 0 Å². The summed E-state index contributed by atoms with van der Waals surface area (Å²) in [4.78, 5) is 30.1. The number of anilines is 3. The fourth-order valence-electron chi connectivity index (χ4n) is 1.75. The van der Waals surface area contributed by atoms with E-state index in [1.54, 1.807) is 31.2 Å². The summed E-state index contributed by atoms with van der Waals surface area (Å²) in [5.41, 5.74) is 5.50. The fourth-order valence-corrected chi connectivity index (χ4v) is 1.97. The highest BCUT2D eigenvalue weighted by Gasteiger charge is 2.22. The van der Waals surface area contributed by atoms with E-state index in [9.17, 15) is 9.59 Å². The molecule has 25 heavy (non-hydrogen) atoms. The van der Waals surface area contributed by atoms with E-state index in [4.69, 9.17) is 33.7 Å². The van der Waals surface area contributed by atoms with E-state index in [0.29, 0.717) is 28.3 Å². The third kappa shape index (κ3) is 4.91. The predicted octanol–water partition coefficient (Wildman–Crippen LogP) is 2.79. The molecule has 0 aliphatic heterocycles. The highest BCUT2D eigenvalue weighted by atomic mass is 35.5. The second-order valence-corrected chi connectivity index (χ2v) is 5.48. The molecule has 3 rings (SSSR count). The van der Waals surface area contributed by atoms with Crippen LogP contribution in [0.2, 0.25) is 10.3 Å². The number of hydrogen-bond donors (Lipinski definition) is 2. The third-order valence-electron chi connectivity index (χ3n) is 2.90. The summed E-state index contributed by atoms with van der Waals surface area (Å²) in [5.74, 6) is 0.0763. The molecule has 0 bridgehead atoms. The van der Waals surface area contributed by atoms with E-state index in [-0.39, 0.29) is 11.4 Å². The van der Waals surface area contributed by atoms with Gasteiger partial charge >= 0.3 is 0 Å². The lowest BCUT2D eigenvalue weighted by molar-refractivity contribution is 0.335. The molecule has 9 heteroatoms. The van der Waals surface area contributed by atoms with Crippen LogP contribution in [0.25, 0.3) is 0 Å². The van der Waals surface area contributed by atoms with Crippen LogP contribution in [0.15, 0.2) is 46.2 Å². The third-order valence-corrected chi connectivity index (χ3v) is 3.35. The molecule has 3 N–H and O–H groups in total. The maximum atomic E-state index is 11.3. The second-order valence-electron chi connectivity index (χ2n) is 4.70. The Morgan fingerprint density at radius 3 is 2.16 bits per heavy atom. The molecule has 0 spiro atoms. The van der Waals surface area contributed by atoms with E-state index in [2.05, 4.69) is 15.3 Å². The van der Waals surface area contributed by atoms with Crippen LogP contribution in [0.3, 0.4) is 0 Å². The highest BCUT2D eigenvalue weighted by Crippen LogP contribution is 2.22. The van der Waals surface area contributed by atoms with Crippen LogP contribution in [0.4, 0.5) is 17.1 Å². The molecule has 0 atom stereocenters. The summed E-state index contributed by atoms with van der Waals surface area (Å²) in [7, 11) is 0. The minimum absolute atomic E-state index is 0.0763. The van der Waals surface area contributed by atoms with Gasteiger partial charge in [-0.25, -0.2) is 9.97 Å². The average molecular weight is 381 g/mol. The average Bonchev–Trinajstić information content (AvgIpc) is 2.62. The summed E-state index contributed by atoms with van der Waals surface area (Å²) in [6.07, 6.45) is 2.98. The first-order valence-electron chi connectivity index (χ1n) is 7.14. The number of nitrogens with one attached hydrogen (secondary N) is 1. The topological polar surface area (TPSA) is 107 Å². The Hall–Kier alpha value is -2.64. The molecule has 0 aliphatic carbocycles. The minimum atomic E-state index is -0.601. The van der Waals surface area contributed by atoms with E-state index >= 15 is 0 Å². The molecule has 0 unspecified atom stereocenters. The van der Waals surface area contributed by atoms with Gasteiger partial charge in [-0.1, -0.05) is 23.2 Å². The summed E-state index contributed by atoms with van der Waals surface area (Å²) in [5, 5.41) is 3.61. The van der Waals surface area contributed by atoms with E-state index in [1.807, 2.05) is 0 Å². The van der Waals surface area contributed by atoms with Crippen molar-refractivity contribution in [3.8, 4) is 5.75 Å². The molecule has 0 saturated carbocycles. The van der Waals surface area contributed by atoms with Crippen molar-refractivity contribution in [1.82, 2.24) is 9.97 Å². The number of rotatable bonds is 4. The SMILES string of the molecule is CCOc1c(Nc2ccc(Cl)nc2)c(=O)c1=O.Nc1ccc(Cl)nc1. The van der Waals surface area contributed by atoms with Crippen molar-refractivity contribution >= 4 is 40.3 Å². The van der Waals surface area contributed by atoms with Gasteiger partial charge in [-0.2, -0.15) is 0 Å². The number of nitrogens with zero attached hydrogens (tertiary/aromatic N) is 2. The Bertz CT molecular complexity index is 884. The van der Waals surface area contributed by atoms with Crippen molar-refractivity contribution in [3.05, 3.63) is 67.4 Å². The highest BCUT2D eigenvalue weighted by molar-refractivity contribution is 6.29. The van der Waals surface area contributed by atoms with Crippen molar-refractivity contribution in [1.29, 1.82) is 0 Å². The van der Waals surface area contributed by atoms with Crippen LogP contribution in [-0.2, 0) is 0 Å². The normalized spacial score (nSPS) is 10.0. The Kier molecular flexibility index (Phi) is 6.32. The molecule has 2 aromatic heterocycles. The number of nitrogen functional groups attached to an aromatic ring is 1. The van der Waals surface area contributed by atoms with Gasteiger partial charge in [-0.3, -0.25) is 9.59 Å². The predicted molar refractivity (Wildman–Crippen MR) is 98.7 cm³/mol. The summed E-state index contributed by atoms with van der Waals surface area (Å²) < 4.78 is 5.07. The van der Waals surface area contributed by atoms with Crippen LogP contribution in [-0.4, -0.2) is 16.6 Å². The van der Waals surface area contributed by atoms with E-state index < -0.39 is 10.9 Å². The van der Waals surface area contributed by atoms with Crippen LogP contribution in [0.5, 0.6) is 5.75 Å². The molecule has 3 aromatic rings. The molecule has 0 saturated heterocycles. The first-order valence-corrected chi connectivity index (χ1v) is 7.89. The number of pyridine rings is 2. The quantitative estimate of drug-likeness (QED) is 0.529. The Labute approximate surface area is 153 Å². The largest absolute Gasteiger partial charge is 0.488 e. The molecule has 130 valence electrons. The lowest BCUT2D eigenvalue weighted by atomic mass is 10.2. The molecule has 0 aliphatic rings. The molecule has 2 heterocycles. The first-order chi connectivity index (χ1) is 11.9. The molecule has 0 amide bonds. The van der Waals surface area contributed by atoms with Gasteiger partial charge in [-0.15, -0.1) is 0 Å². The number of aromatic nitrogens is 2. The van der Waals surface area contributed by atoms with Gasteiger partial charge < -0.3 is 15.8 Å². The van der Waals surface area contributed by atoms with Crippen molar-refractivity contribution in [3.63, 3.8) is 0 Å². The molecule has 7 nitrogen and oxygen atoms in total. The maximum absolute atomic E-state index is 11.3. The maximum Gasteiger partial charge on any atom is 0.272 e. The minimum Gasteiger partial charge on any atom is -0.488 e. The second kappa shape index (κ2) is 8.46. The van der Waals surface area contributed by atoms with Gasteiger partial charge in [-0.05, 0) is 31.2 Å². The standard InChI is InChI=1S/C11H9ClN2O3.C5H5ClN2/c1-2-17-11-8(9(15)10(11)16)14-6-3-4-7(12)13-5-6;6-5-2-1-4(7)3-8-5/h3-5,14H,2H2,1H3;1-3H,7H2. The summed E-state index contributed by atoms with van der Waals surface area (Å²) in [6.45, 7) is 2.07. The van der Waals surface area contributed by atoms with E-state index in [0.717, 1.165) is 0 Å². The zero-order valence-electron chi connectivity index (χ0n) is 13.1. The zero-order valence-corrected chi connectivity index (χ0v) is 14.6. The Morgan fingerprint density at radius 2 is 1.68 bits per heavy atom. The fraction of sp³-hybridized carbons (Fsp3) is 0.125. The Balaban J connectivity index is 0.000000236. The molecular formula is C16H14Cl2N4O3. The number of halogens is 2. The number of ether oxygens (including phenoxy) is 1. The smallest absolute Gasteiger partial charge is 0.272 e. The monoisotopic (exact) mass is 380 g/mol. The van der Waals surface area contributed by atoms with Gasteiger partial charge in [0.15, 0.2) is 5.75 Å². The van der Waals surface area contributed by atoms with Gasteiger partial charge in [0.2, 0.25) is 0 Å². The zero-order chi connectivity index (χ0) is 18.4. The van der Waals surface area contributed by atoms with Gasteiger partial charge in [0.25, 0.3) is 10.9 Å². The van der Waals surface area contributed by atoms with Crippen molar-refractivity contribution in [2.75, 3.05) is 17.7 Å². The lowest BCUT2D eigenvalue weighted by Gasteiger charge is -2.12.